The standard InChI is InChI=1S/C41H52N6O10/c1-8-10-31(17-19-48)57-40-44-39(46(25-28-13-15-32(50-2)22-35(28)52-4)26-29-14-16-33(51-3)23-36(29)53-5)38-43-24-30(47(38)45-40)21-27-11-9-12-34(37(27)54-6)56-20-18-42-41(49)55-7/h9,11-16,22-24,31,48H,8,10,17-21,25-26H2,1-7H3,(H,42,49). The van der Waals surface area contributed by atoms with Crippen LogP contribution in [0.4, 0.5) is 10.6 Å². The number of rotatable bonds is 22. The number of methoxy groups -OCH3 is 6. The topological polar surface area (TPSA) is 169 Å². The third-order valence-corrected chi connectivity index (χ3v) is 9.19. The number of hydrogen-bond donors (Lipinski definition) is 2. The number of carbonyl (C=O) groups excluding carboxylic acids is 1. The number of imidazole rings is 1. The summed E-state index contributed by atoms with van der Waals surface area (Å²) < 4.78 is 47.2. The number of aliphatic hydroxyl groups is 1. The molecule has 0 radical (unpaired) electrons. The van der Waals surface area contributed by atoms with Gasteiger partial charge in [-0.25, -0.2) is 14.3 Å². The van der Waals surface area contributed by atoms with Crippen molar-refractivity contribution in [2.75, 3.05) is 67.3 Å². The number of aromatic nitrogens is 4. The number of alkyl carbamates (subject to hydrolysis) is 1. The summed E-state index contributed by atoms with van der Waals surface area (Å²) >= 11 is 0. The Bertz CT molecular complexity index is 2010. The number of nitrogens with zero attached hydrogens (tertiary/aromatic N) is 5. The highest BCUT2D eigenvalue weighted by Crippen LogP contribution is 2.35. The molecule has 306 valence electrons. The van der Waals surface area contributed by atoms with E-state index in [0.29, 0.717) is 78.3 Å². The fraction of sp³-hybridized carbons (Fsp3) is 0.415. The van der Waals surface area contributed by atoms with Gasteiger partial charge in [0.1, 0.15) is 35.7 Å². The Morgan fingerprint density at radius 1 is 0.842 bits per heavy atom. The number of hydrogen-bond acceptors (Lipinski definition) is 14. The fourth-order valence-electron chi connectivity index (χ4n) is 6.36. The maximum Gasteiger partial charge on any atom is 0.406 e. The van der Waals surface area contributed by atoms with E-state index in [1.54, 1.807) is 52.3 Å². The van der Waals surface area contributed by atoms with Gasteiger partial charge in [0.15, 0.2) is 23.0 Å². The van der Waals surface area contributed by atoms with Gasteiger partial charge in [0.2, 0.25) is 0 Å². The lowest BCUT2D eigenvalue weighted by atomic mass is 10.1. The summed E-state index contributed by atoms with van der Waals surface area (Å²) in [5.74, 6) is 4.11. The quantitative estimate of drug-likeness (QED) is 0.0828. The summed E-state index contributed by atoms with van der Waals surface area (Å²) in [6, 6.07) is 17.1. The minimum atomic E-state index is -0.543. The van der Waals surface area contributed by atoms with E-state index in [4.69, 9.17) is 48.2 Å². The molecule has 0 saturated carbocycles. The molecule has 5 aromatic rings. The van der Waals surface area contributed by atoms with Crippen LogP contribution in [-0.2, 0) is 24.2 Å². The van der Waals surface area contributed by atoms with Crippen molar-refractivity contribution in [3.05, 3.63) is 83.2 Å². The zero-order chi connectivity index (χ0) is 40.7. The maximum absolute atomic E-state index is 11.5. The summed E-state index contributed by atoms with van der Waals surface area (Å²) in [5, 5.41) is 17.4. The van der Waals surface area contributed by atoms with Gasteiger partial charge in [-0.2, -0.15) is 4.98 Å². The van der Waals surface area contributed by atoms with Crippen LogP contribution in [0.25, 0.3) is 5.65 Å². The second-order valence-corrected chi connectivity index (χ2v) is 12.8. The first-order valence-electron chi connectivity index (χ1n) is 18.6. The minimum absolute atomic E-state index is 0.0479. The number of para-hydroxylation sites is 1. The summed E-state index contributed by atoms with van der Waals surface area (Å²) in [4.78, 5) is 23.5. The van der Waals surface area contributed by atoms with Gasteiger partial charge in [-0.15, -0.1) is 5.10 Å². The fourth-order valence-corrected chi connectivity index (χ4v) is 6.36. The van der Waals surface area contributed by atoms with Gasteiger partial charge < -0.3 is 53.2 Å². The molecule has 2 aromatic heterocycles. The average molecular weight is 789 g/mol. The first-order valence-corrected chi connectivity index (χ1v) is 18.6. The van der Waals surface area contributed by atoms with Crippen LogP contribution in [0.1, 0.15) is 48.6 Å². The lowest BCUT2D eigenvalue weighted by Gasteiger charge is -2.27. The lowest BCUT2D eigenvalue weighted by molar-refractivity contribution is 0.133. The zero-order valence-electron chi connectivity index (χ0n) is 33.6. The van der Waals surface area contributed by atoms with Gasteiger partial charge in [0.05, 0.1) is 61.1 Å². The molecule has 3 aromatic carbocycles. The van der Waals surface area contributed by atoms with E-state index in [1.807, 2.05) is 48.5 Å². The minimum Gasteiger partial charge on any atom is -0.497 e. The zero-order valence-corrected chi connectivity index (χ0v) is 33.6. The number of ether oxygens (including phenoxy) is 8. The molecule has 0 aliphatic rings. The van der Waals surface area contributed by atoms with Gasteiger partial charge in [-0.1, -0.05) is 25.5 Å². The van der Waals surface area contributed by atoms with E-state index in [0.717, 1.165) is 28.8 Å². The number of fused-ring (bicyclic) bond motifs is 1. The molecule has 1 atom stereocenters. The molecule has 2 heterocycles. The number of anilines is 1. The first kappa shape index (κ1) is 42.0. The first-order chi connectivity index (χ1) is 27.8. The van der Waals surface area contributed by atoms with E-state index in [2.05, 4.69) is 21.9 Å². The predicted molar refractivity (Wildman–Crippen MR) is 212 cm³/mol. The molecule has 0 saturated heterocycles. The van der Waals surface area contributed by atoms with Crippen LogP contribution in [0, 0.1) is 0 Å². The summed E-state index contributed by atoms with van der Waals surface area (Å²) in [6.07, 6.45) is 3.19. The van der Waals surface area contributed by atoms with E-state index >= 15 is 0 Å². The monoisotopic (exact) mass is 788 g/mol. The molecule has 57 heavy (non-hydrogen) atoms. The van der Waals surface area contributed by atoms with Crippen LogP contribution in [0.15, 0.2) is 60.8 Å². The second-order valence-electron chi connectivity index (χ2n) is 12.8. The molecular formula is C41H52N6O10. The number of nitrogens with one attached hydrogen (secondary N) is 1. The Labute approximate surface area is 332 Å². The van der Waals surface area contributed by atoms with Crippen LogP contribution in [0.5, 0.6) is 40.5 Å². The van der Waals surface area contributed by atoms with Gasteiger partial charge in [0, 0.05) is 61.4 Å². The maximum atomic E-state index is 11.5. The molecule has 16 nitrogen and oxygen atoms in total. The van der Waals surface area contributed by atoms with Gasteiger partial charge >= 0.3 is 12.1 Å². The molecule has 16 heteroatoms. The normalized spacial score (nSPS) is 11.4. The van der Waals surface area contributed by atoms with Crippen molar-refractivity contribution in [2.45, 2.75) is 51.8 Å². The number of benzene rings is 3. The van der Waals surface area contributed by atoms with E-state index in [9.17, 15) is 9.90 Å². The molecule has 5 rings (SSSR count). The van der Waals surface area contributed by atoms with E-state index in [-0.39, 0.29) is 31.9 Å². The molecule has 0 spiro atoms. The second kappa shape index (κ2) is 20.7. The molecule has 0 bridgehead atoms. The molecule has 2 N–H and O–H groups in total. The third kappa shape index (κ3) is 10.6. The van der Waals surface area contributed by atoms with Crippen LogP contribution in [0.3, 0.4) is 0 Å². The van der Waals surface area contributed by atoms with Crippen molar-refractivity contribution in [3.8, 4) is 40.5 Å². The Morgan fingerprint density at radius 2 is 1.53 bits per heavy atom. The van der Waals surface area contributed by atoms with Gasteiger partial charge in [-0.3, -0.25) is 0 Å². The van der Waals surface area contributed by atoms with Gasteiger partial charge in [-0.05, 0) is 36.8 Å². The Hall–Kier alpha value is -6.16. The van der Waals surface area contributed by atoms with Gasteiger partial charge in [0.25, 0.3) is 0 Å². The highest BCUT2D eigenvalue weighted by Gasteiger charge is 2.25. The van der Waals surface area contributed by atoms with Crippen LogP contribution >= 0.6 is 0 Å². The molecule has 1 unspecified atom stereocenters. The van der Waals surface area contributed by atoms with Crippen molar-refractivity contribution in [1.82, 2.24) is 24.9 Å². The number of aliphatic hydroxyl groups excluding tert-OH is 1. The summed E-state index contributed by atoms with van der Waals surface area (Å²) in [6.45, 7) is 3.13. The highest BCUT2D eigenvalue weighted by atomic mass is 16.5. The van der Waals surface area contributed by atoms with Crippen molar-refractivity contribution >= 4 is 17.6 Å². The molecule has 0 aliphatic carbocycles. The van der Waals surface area contributed by atoms with Crippen molar-refractivity contribution in [2.24, 2.45) is 0 Å². The van der Waals surface area contributed by atoms with Crippen LogP contribution in [-0.4, -0.2) is 99.3 Å². The predicted octanol–water partition coefficient (Wildman–Crippen LogP) is 5.63. The molecule has 0 aliphatic heterocycles. The summed E-state index contributed by atoms with van der Waals surface area (Å²) in [5.41, 5.74) is 3.74. The Morgan fingerprint density at radius 3 is 2.11 bits per heavy atom. The van der Waals surface area contributed by atoms with E-state index < -0.39 is 6.09 Å². The average Bonchev–Trinajstić information content (AvgIpc) is 3.64. The van der Waals surface area contributed by atoms with Crippen LogP contribution in [0.2, 0.25) is 0 Å². The Kier molecular flexibility index (Phi) is 15.2. The molecule has 0 fully saturated rings. The van der Waals surface area contributed by atoms with Crippen molar-refractivity contribution in [3.63, 3.8) is 0 Å². The highest BCUT2D eigenvalue weighted by molar-refractivity contribution is 5.67. The molecule has 1 amide bonds. The molecular weight excluding hydrogens is 736 g/mol. The summed E-state index contributed by atoms with van der Waals surface area (Å²) in [7, 11) is 9.34. The number of amides is 1. The third-order valence-electron chi connectivity index (χ3n) is 9.19. The SMILES string of the molecule is CCCC(CCO)Oc1nc(N(Cc2ccc(OC)cc2OC)Cc2ccc(OC)cc2OC)c2ncc(Cc3cccc(OCCNC(=O)OC)c3OC)n2n1. The largest absolute Gasteiger partial charge is 0.497 e. The smallest absolute Gasteiger partial charge is 0.406 e. The number of carbonyl (C=O) groups is 1. The van der Waals surface area contributed by atoms with Crippen LogP contribution < -0.4 is 43.4 Å². The van der Waals surface area contributed by atoms with Crippen molar-refractivity contribution in [1.29, 1.82) is 0 Å². The van der Waals surface area contributed by atoms with E-state index in [1.165, 1.54) is 7.11 Å². The Balaban J connectivity index is 1.63. The lowest BCUT2D eigenvalue weighted by Crippen LogP contribution is -2.27. The van der Waals surface area contributed by atoms with Crippen molar-refractivity contribution < 1.29 is 47.8 Å².